The molecular formula is C49H68Cl4N6O. The third-order valence-corrected chi connectivity index (χ3v) is 12.5. The number of nitrogens with one attached hydrogen (secondary N) is 2. The van der Waals surface area contributed by atoms with E-state index in [1.54, 1.807) is 6.33 Å². The minimum Gasteiger partial charge on any atom is -0.345 e. The highest BCUT2D eigenvalue weighted by Crippen LogP contribution is 2.36. The van der Waals surface area contributed by atoms with Crippen LogP contribution >= 0.6 is 49.6 Å². The SMILES string of the molecule is CC1(C)CCC(N)CC1.Cc1cc(-c2cc3nc[nH]c3cc2C)ccc1CNC1CCC(C)(C)CC1.Cc1cc(-c2cc3ncn(C)c3cc2C)ccc1C=O.Cl.Cl.Cl.Cl. The maximum atomic E-state index is 10.9. The number of benzene rings is 4. The predicted molar refractivity (Wildman–Crippen MR) is 264 cm³/mol. The summed E-state index contributed by atoms with van der Waals surface area (Å²) in [6.45, 7) is 18.9. The lowest BCUT2D eigenvalue weighted by Crippen LogP contribution is -2.35. The second-order valence-corrected chi connectivity index (χ2v) is 18.2. The van der Waals surface area contributed by atoms with E-state index in [0.29, 0.717) is 22.9 Å². The van der Waals surface area contributed by atoms with Gasteiger partial charge in [-0.05, 0) is 164 Å². The number of H-pyrrole nitrogens is 1. The fourth-order valence-corrected chi connectivity index (χ4v) is 8.31. The van der Waals surface area contributed by atoms with Gasteiger partial charge >= 0.3 is 0 Å². The molecule has 0 radical (unpaired) electrons. The van der Waals surface area contributed by atoms with Gasteiger partial charge in [-0.1, -0.05) is 64.1 Å². The number of halogens is 4. The molecule has 2 heterocycles. The van der Waals surface area contributed by atoms with E-state index in [4.69, 9.17) is 5.73 Å². The average molecular weight is 899 g/mol. The molecule has 0 spiro atoms. The minimum absolute atomic E-state index is 0. The van der Waals surface area contributed by atoms with Gasteiger partial charge in [-0.15, -0.1) is 49.6 Å². The first-order valence-electron chi connectivity index (χ1n) is 20.6. The number of aromatic nitrogens is 4. The molecule has 8 rings (SSSR count). The van der Waals surface area contributed by atoms with Crippen molar-refractivity contribution in [3.05, 3.63) is 107 Å². The summed E-state index contributed by atoms with van der Waals surface area (Å²) in [6, 6.07) is 22.6. The quantitative estimate of drug-likeness (QED) is 0.145. The Morgan fingerprint density at radius 1 is 0.717 bits per heavy atom. The predicted octanol–water partition coefficient (Wildman–Crippen LogP) is 13.2. The summed E-state index contributed by atoms with van der Waals surface area (Å²) in [5.41, 5.74) is 22.9. The van der Waals surface area contributed by atoms with Crippen LogP contribution in [0.1, 0.15) is 117 Å². The van der Waals surface area contributed by atoms with Crippen LogP contribution < -0.4 is 11.1 Å². The molecule has 2 saturated carbocycles. The number of nitrogens with zero attached hydrogens (tertiary/aromatic N) is 3. The first-order chi connectivity index (χ1) is 26.6. The van der Waals surface area contributed by atoms with Gasteiger partial charge in [0.05, 0.1) is 34.7 Å². The Morgan fingerprint density at radius 2 is 1.27 bits per heavy atom. The second kappa shape index (κ2) is 22.6. The van der Waals surface area contributed by atoms with Crippen LogP contribution in [0.25, 0.3) is 44.3 Å². The lowest BCUT2D eigenvalue weighted by molar-refractivity contribution is 0.112. The largest absolute Gasteiger partial charge is 0.345 e. The first-order valence-corrected chi connectivity index (χ1v) is 20.6. The summed E-state index contributed by atoms with van der Waals surface area (Å²) < 4.78 is 2.02. The van der Waals surface area contributed by atoms with Gasteiger partial charge in [0.2, 0.25) is 0 Å². The van der Waals surface area contributed by atoms with Crippen molar-refractivity contribution >= 4 is 78.0 Å². The molecule has 0 saturated heterocycles. The second-order valence-electron chi connectivity index (χ2n) is 18.2. The molecule has 2 aliphatic carbocycles. The molecule has 0 aliphatic heterocycles. The lowest BCUT2D eigenvalue weighted by Gasteiger charge is -2.34. The summed E-state index contributed by atoms with van der Waals surface area (Å²) in [7, 11) is 2.00. The van der Waals surface area contributed by atoms with Gasteiger partial charge in [0.25, 0.3) is 0 Å². The molecule has 0 amide bonds. The molecular weight excluding hydrogens is 830 g/mol. The van der Waals surface area contributed by atoms with E-state index in [0.717, 1.165) is 57.2 Å². The fourth-order valence-electron chi connectivity index (χ4n) is 8.31. The van der Waals surface area contributed by atoms with Crippen LogP contribution in [-0.4, -0.2) is 37.9 Å². The average Bonchev–Trinajstić information content (AvgIpc) is 3.77. The van der Waals surface area contributed by atoms with E-state index in [2.05, 4.69) is 117 Å². The smallest absolute Gasteiger partial charge is 0.150 e. The highest BCUT2D eigenvalue weighted by molar-refractivity contribution is 5.87. The summed E-state index contributed by atoms with van der Waals surface area (Å²) in [6.07, 6.45) is 14.8. The number of aldehydes is 1. The summed E-state index contributed by atoms with van der Waals surface area (Å²) >= 11 is 0. The highest BCUT2D eigenvalue weighted by Gasteiger charge is 2.26. The van der Waals surface area contributed by atoms with Gasteiger partial charge in [0, 0.05) is 31.2 Å². The molecule has 0 unspecified atom stereocenters. The summed E-state index contributed by atoms with van der Waals surface area (Å²) in [5.74, 6) is 0. The van der Waals surface area contributed by atoms with Crippen molar-refractivity contribution in [1.82, 2.24) is 24.8 Å². The summed E-state index contributed by atoms with van der Waals surface area (Å²) in [5, 5.41) is 3.79. The zero-order valence-electron chi connectivity index (χ0n) is 37.0. The van der Waals surface area contributed by atoms with Crippen LogP contribution in [0, 0.1) is 38.5 Å². The molecule has 11 heteroatoms. The van der Waals surface area contributed by atoms with E-state index in [1.165, 1.54) is 84.7 Å². The van der Waals surface area contributed by atoms with E-state index in [1.807, 2.05) is 37.0 Å². The first kappa shape index (κ1) is 52.7. The van der Waals surface area contributed by atoms with Crippen molar-refractivity contribution in [2.24, 2.45) is 23.6 Å². The Hall–Kier alpha value is -3.43. The molecule has 7 nitrogen and oxygen atoms in total. The Kier molecular flexibility index (Phi) is 19.9. The molecule has 0 atom stereocenters. The zero-order chi connectivity index (χ0) is 40.2. The third-order valence-electron chi connectivity index (χ3n) is 12.5. The molecule has 2 fully saturated rings. The molecule has 4 aromatic carbocycles. The standard InChI is InChI=1S/C24H31N3.C17H16N2O.C8H17N.4ClH/c1-16-11-18(21-13-23-22(12-17(21)2)26-15-27-23)5-6-19(16)14-25-20-7-9-24(3,4)10-8-20;1-11-6-13(4-5-14(11)9-20)15-8-16-17(7-12(15)2)19(3)10-18-16;1-8(2)5-3-7(9)4-6-8;;;;/h5-6,11-13,15,20,25H,7-10,14H2,1-4H3,(H,26,27);4-10H,1-3H3;7H,3-6,9H2,1-2H3;4*1H. The number of nitrogens with two attached hydrogens (primary N) is 1. The number of carbonyl (C=O) groups is 1. The normalized spacial score (nSPS) is 15.8. The van der Waals surface area contributed by atoms with Crippen LogP contribution in [0.15, 0.2) is 73.3 Å². The van der Waals surface area contributed by atoms with Crippen LogP contribution in [0.3, 0.4) is 0 Å². The zero-order valence-corrected chi connectivity index (χ0v) is 40.3. The van der Waals surface area contributed by atoms with Gasteiger partial charge in [0.1, 0.15) is 6.29 Å². The Balaban J connectivity index is 0.000000333. The Morgan fingerprint density at radius 3 is 1.83 bits per heavy atom. The van der Waals surface area contributed by atoms with Crippen molar-refractivity contribution in [1.29, 1.82) is 0 Å². The highest BCUT2D eigenvalue weighted by atomic mass is 35.5. The maximum absolute atomic E-state index is 10.9. The topological polar surface area (TPSA) is 102 Å². The number of hydrogen-bond acceptors (Lipinski definition) is 5. The Bertz CT molecular complexity index is 2290. The van der Waals surface area contributed by atoms with E-state index >= 15 is 0 Å². The molecule has 2 aliphatic rings. The number of aromatic amines is 1. The van der Waals surface area contributed by atoms with E-state index in [9.17, 15) is 4.79 Å². The van der Waals surface area contributed by atoms with Gasteiger partial charge in [0.15, 0.2) is 0 Å². The van der Waals surface area contributed by atoms with Gasteiger partial charge in [-0.25, -0.2) is 9.97 Å². The number of rotatable bonds is 6. The number of hydrogen-bond donors (Lipinski definition) is 3. The van der Waals surface area contributed by atoms with Gasteiger partial charge in [-0.3, -0.25) is 4.79 Å². The third kappa shape index (κ3) is 13.3. The van der Waals surface area contributed by atoms with Crippen LogP contribution in [0.2, 0.25) is 0 Å². The molecule has 2 aromatic heterocycles. The molecule has 4 N–H and O–H groups in total. The number of aryl methyl sites for hydroxylation is 5. The molecule has 0 bridgehead atoms. The van der Waals surface area contributed by atoms with Crippen molar-refractivity contribution in [3.63, 3.8) is 0 Å². The number of fused-ring (bicyclic) bond motifs is 2. The van der Waals surface area contributed by atoms with Crippen LogP contribution in [0.4, 0.5) is 0 Å². The van der Waals surface area contributed by atoms with Gasteiger partial charge in [-0.2, -0.15) is 0 Å². The summed E-state index contributed by atoms with van der Waals surface area (Å²) in [4.78, 5) is 22.9. The van der Waals surface area contributed by atoms with Crippen molar-refractivity contribution in [2.45, 2.75) is 125 Å². The molecule has 6 aromatic rings. The van der Waals surface area contributed by atoms with E-state index in [-0.39, 0.29) is 49.6 Å². The number of carbonyl (C=O) groups excluding carboxylic acids is 1. The van der Waals surface area contributed by atoms with Crippen LogP contribution in [0.5, 0.6) is 0 Å². The minimum atomic E-state index is 0. The van der Waals surface area contributed by atoms with E-state index < -0.39 is 0 Å². The van der Waals surface area contributed by atoms with Crippen molar-refractivity contribution in [2.75, 3.05) is 0 Å². The van der Waals surface area contributed by atoms with Crippen molar-refractivity contribution in [3.8, 4) is 22.3 Å². The van der Waals surface area contributed by atoms with Crippen molar-refractivity contribution < 1.29 is 4.79 Å². The fraction of sp³-hybridized carbons (Fsp3) is 0.449. The Labute approximate surface area is 383 Å². The molecule has 60 heavy (non-hydrogen) atoms. The number of imidazole rings is 2. The monoisotopic (exact) mass is 896 g/mol. The molecule has 328 valence electrons. The lowest BCUT2D eigenvalue weighted by atomic mass is 9.75. The van der Waals surface area contributed by atoms with Gasteiger partial charge < -0.3 is 20.6 Å². The maximum Gasteiger partial charge on any atom is 0.150 e. The van der Waals surface area contributed by atoms with Crippen LogP contribution in [-0.2, 0) is 13.6 Å².